The summed E-state index contributed by atoms with van der Waals surface area (Å²) in [6.07, 6.45) is 1.34. The molecule has 2 unspecified atom stereocenters. The van der Waals surface area contributed by atoms with E-state index < -0.39 is 23.9 Å². The summed E-state index contributed by atoms with van der Waals surface area (Å²) in [5.74, 6) is -2.07. The zero-order chi connectivity index (χ0) is 15.4. The summed E-state index contributed by atoms with van der Waals surface area (Å²) in [4.78, 5) is 36.0. The van der Waals surface area contributed by atoms with Gasteiger partial charge in [0.15, 0.2) is 0 Å². The number of piperidine rings is 1. The highest BCUT2D eigenvalue weighted by atomic mass is 16.4. The molecule has 0 radical (unpaired) electrons. The van der Waals surface area contributed by atoms with E-state index in [0.29, 0.717) is 12.8 Å². The van der Waals surface area contributed by atoms with Crippen LogP contribution in [-0.2, 0) is 9.59 Å². The number of hydrogen-bond acceptors (Lipinski definition) is 3. The van der Waals surface area contributed by atoms with Crippen molar-refractivity contribution in [2.75, 3.05) is 6.54 Å². The maximum absolute atomic E-state index is 12.2. The molecule has 0 aromatic heterocycles. The van der Waals surface area contributed by atoms with E-state index in [1.165, 1.54) is 4.90 Å². The molecular formula is C13H23N3O4. The molecule has 114 valence electrons. The minimum absolute atomic E-state index is 0.0350. The number of carboxylic acid groups (broad SMARTS) is 1. The largest absolute Gasteiger partial charge is 0.480 e. The second kappa shape index (κ2) is 6.58. The lowest BCUT2D eigenvalue weighted by atomic mass is 9.93. The number of carboxylic acids is 1. The Morgan fingerprint density at radius 3 is 2.35 bits per heavy atom. The van der Waals surface area contributed by atoms with Gasteiger partial charge in [-0.05, 0) is 25.7 Å². The monoisotopic (exact) mass is 285 g/mol. The highest BCUT2D eigenvalue weighted by molar-refractivity contribution is 5.84. The minimum Gasteiger partial charge on any atom is -0.480 e. The number of likely N-dealkylation sites (tertiary alicyclic amines) is 1. The maximum Gasteiger partial charge on any atom is 0.326 e. The second-order valence-electron chi connectivity index (χ2n) is 5.69. The van der Waals surface area contributed by atoms with Gasteiger partial charge < -0.3 is 21.1 Å². The van der Waals surface area contributed by atoms with Crippen LogP contribution >= 0.6 is 0 Å². The van der Waals surface area contributed by atoms with Crippen molar-refractivity contribution in [3.05, 3.63) is 0 Å². The average molecular weight is 285 g/mol. The number of hydrogen-bond donors (Lipinski definition) is 3. The van der Waals surface area contributed by atoms with Crippen LogP contribution in [0.4, 0.5) is 4.79 Å². The number of nitrogens with one attached hydrogen (secondary N) is 1. The summed E-state index contributed by atoms with van der Waals surface area (Å²) in [6, 6.07) is -1.43. The lowest BCUT2D eigenvalue weighted by Crippen LogP contribution is -2.56. The highest BCUT2D eigenvalue weighted by Gasteiger charge is 2.33. The van der Waals surface area contributed by atoms with Crippen LogP contribution < -0.4 is 11.1 Å². The average Bonchev–Trinajstić information content (AvgIpc) is 2.34. The molecule has 1 aliphatic rings. The van der Waals surface area contributed by atoms with Gasteiger partial charge in [-0.25, -0.2) is 9.59 Å². The minimum atomic E-state index is -1.07. The molecule has 0 saturated carbocycles. The molecule has 1 heterocycles. The van der Waals surface area contributed by atoms with E-state index in [1.54, 1.807) is 13.8 Å². The first-order valence-electron chi connectivity index (χ1n) is 6.83. The maximum atomic E-state index is 12.2. The van der Waals surface area contributed by atoms with Crippen molar-refractivity contribution >= 4 is 17.9 Å². The van der Waals surface area contributed by atoms with E-state index in [9.17, 15) is 14.4 Å². The molecule has 0 bridgehead atoms. The first kappa shape index (κ1) is 16.3. The van der Waals surface area contributed by atoms with Gasteiger partial charge in [-0.1, -0.05) is 13.8 Å². The smallest absolute Gasteiger partial charge is 0.326 e. The van der Waals surface area contributed by atoms with Crippen LogP contribution in [0.1, 0.15) is 33.6 Å². The number of urea groups is 1. The van der Waals surface area contributed by atoms with Crippen molar-refractivity contribution in [3.63, 3.8) is 0 Å². The Kier molecular flexibility index (Phi) is 5.35. The predicted molar refractivity (Wildman–Crippen MR) is 72.9 cm³/mol. The Labute approximate surface area is 118 Å². The van der Waals surface area contributed by atoms with E-state index in [1.807, 2.05) is 6.92 Å². The topological polar surface area (TPSA) is 113 Å². The third-order valence-electron chi connectivity index (χ3n) is 3.76. The van der Waals surface area contributed by atoms with Crippen LogP contribution in [0.15, 0.2) is 0 Å². The van der Waals surface area contributed by atoms with E-state index in [-0.39, 0.29) is 24.4 Å². The number of amides is 3. The molecule has 0 aromatic rings. The molecule has 20 heavy (non-hydrogen) atoms. The number of rotatable bonds is 4. The first-order chi connectivity index (χ1) is 9.23. The van der Waals surface area contributed by atoms with Gasteiger partial charge in [-0.15, -0.1) is 0 Å². The number of carbonyl (C=O) groups is 3. The summed E-state index contributed by atoms with van der Waals surface area (Å²) in [7, 11) is 0. The van der Waals surface area contributed by atoms with Crippen molar-refractivity contribution < 1.29 is 19.5 Å². The van der Waals surface area contributed by atoms with Crippen LogP contribution in [0.25, 0.3) is 0 Å². The van der Waals surface area contributed by atoms with Crippen LogP contribution in [0, 0.1) is 11.8 Å². The molecular weight excluding hydrogens is 262 g/mol. The van der Waals surface area contributed by atoms with Gasteiger partial charge in [-0.2, -0.15) is 0 Å². The van der Waals surface area contributed by atoms with E-state index in [2.05, 4.69) is 5.32 Å². The molecule has 7 nitrogen and oxygen atoms in total. The Hall–Kier alpha value is -1.79. The fourth-order valence-corrected chi connectivity index (χ4v) is 2.35. The zero-order valence-electron chi connectivity index (χ0n) is 12.1. The standard InChI is InChI=1S/C13H23N3O4/c1-7(2)10(12(18)19)15-13(20)16-6-9(11(14)17)5-4-8(16)3/h7-10H,4-6H2,1-3H3,(H2,14,17)(H,15,20)(H,18,19)/t8?,9?,10-/m0/s1. The van der Waals surface area contributed by atoms with E-state index in [0.717, 1.165) is 0 Å². The van der Waals surface area contributed by atoms with Gasteiger partial charge in [0.25, 0.3) is 0 Å². The number of primary amides is 1. The van der Waals surface area contributed by atoms with Crippen LogP contribution in [0.2, 0.25) is 0 Å². The Bertz CT molecular complexity index is 397. The molecule has 1 aliphatic heterocycles. The van der Waals surface area contributed by atoms with Gasteiger partial charge in [0, 0.05) is 12.6 Å². The lowest BCUT2D eigenvalue weighted by molar-refractivity contribution is -0.140. The molecule has 0 aliphatic carbocycles. The Morgan fingerprint density at radius 1 is 1.30 bits per heavy atom. The van der Waals surface area contributed by atoms with Gasteiger partial charge in [0.1, 0.15) is 6.04 Å². The zero-order valence-corrected chi connectivity index (χ0v) is 12.1. The number of aliphatic carboxylic acids is 1. The molecule has 1 fully saturated rings. The van der Waals surface area contributed by atoms with Crippen molar-refractivity contribution in [1.82, 2.24) is 10.2 Å². The molecule has 0 spiro atoms. The molecule has 4 N–H and O–H groups in total. The molecule has 3 atom stereocenters. The third-order valence-corrected chi connectivity index (χ3v) is 3.76. The third kappa shape index (κ3) is 3.85. The Morgan fingerprint density at radius 2 is 1.90 bits per heavy atom. The lowest BCUT2D eigenvalue weighted by Gasteiger charge is -2.37. The van der Waals surface area contributed by atoms with Gasteiger partial charge in [-0.3, -0.25) is 4.79 Å². The summed E-state index contributed by atoms with van der Waals surface area (Å²) >= 11 is 0. The summed E-state index contributed by atoms with van der Waals surface area (Å²) in [5, 5.41) is 11.6. The summed E-state index contributed by atoms with van der Waals surface area (Å²) in [5.41, 5.74) is 5.28. The van der Waals surface area contributed by atoms with Crippen molar-refractivity contribution in [1.29, 1.82) is 0 Å². The van der Waals surface area contributed by atoms with E-state index >= 15 is 0 Å². The fraction of sp³-hybridized carbons (Fsp3) is 0.769. The van der Waals surface area contributed by atoms with Crippen LogP contribution in [0.5, 0.6) is 0 Å². The fourth-order valence-electron chi connectivity index (χ4n) is 2.35. The molecule has 0 aromatic carbocycles. The SMILES string of the molecule is CC(C)[C@H](NC(=O)N1CC(C(N)=O)CCC1C)C(=O)O. The molecule has 7 heteroatoms. The molecule has 3 amide bonds. The first-order valence-corrected chi connectivity index (χ1v) is 6.83. The van der Waals surface area contributed by atoms with Crippen molar-refractivity contribution in [3.8, 4) is 0 Å². The summed E-state index contributed by atoms with van der Waals surface area (Å²) < 4.78 is 0. The van der Waals surface area contributed by atoms with Crippen LogP contribution in [0.3, 0.4) is 0 Å². The van der Waals surface area contributed by atoms with E-state index in [4.69, 9.17) is 10.8 Å². The van der Waals surface area contributed by atoms with Gasteiger partial charge >= 0.3 is 12.0 Å². The molecule has 1 saturated heterocycles. The van der Waals surface area contributed by atoms with Crippen molar-refractivity contribution in [2.24, 2.45) is 17.6 Å². The van der Waals surface area contributed by atoms with Crippen molar-refractivity contribution in [2.45, 2.75) is 45.7 Å². The highest BCUT2D eigenvalue weighted by Crippen LogP contribution is 2.22. The number of nitrogens with zero attached hydrogens (tertiary/aromatic N) is 1. The number of nitrogens with two attached hydrogens (primary N) is 1. The van der Waals surface area contributed by atoms with Gasteiger partial charge in [0.2, 0.25) is 5.91 Å². The number of carbonyl (C=O) groups excluding carboxylic acids is 2. The Balaban J connectivity index is 2.73. The second-order valence-corrected chi connectivity index (χ2v) is 5.69. The van der Waals surface area contributed by atoms with Gasteiger partial charge in [0.05, 0.1) is 5.92 Å². The van der Waals surface area contributed by atoms with Crippen LogP contribution in [-0.4, -0.2) is 46.5 Å². The molecule has 1 rings (SSSR count). The quantitative estimate of drug-likeness (QED) is 0.693. The normalized spacial score (nSPS) is 24.3. The summed E-state index contributed by atoms with van der Waals surface area (Å²) in [6.45, 7) is 5.57. The predicted octanol–water partition coefficient (Wildman–Crippen LogP) is 0.391.